The Labute approximate surface area is 109 Å². The summed E-state index contributed by atoms with van der Waals surface area (Å²) in [6, 6.07) is 12.1. The second kappa shape index (κ2) is 4.64. The number of hydrogen-bond acceptors (Lipinski definition) is 1. The van der Waals surface area contributed by atoms with E-state index in [2.05, 4.69) is 45.9 Å². The highest BCUT2D eigenvalue weighted by atomic mass is 16.3. The number of phenolic OH excluding ortho intramolecular Hbond substituents is 1. The molecule has 0 amide bonds. The Morgan fingerprint density at radius 2 is 1.61 bits per heavy atom. The van der Waals surface area contributed by atoms with Crippen LogP contribution in [-0.4, -0.2) is 5.11 Å². The molecule has 1 atom stereocenters. The highest BCUT2D eigenvalue weighted by molar-refractivity contribution is 5.84. The third-order valence-electron chi connectivity index (χ3n) is 3.34. The van der Waals surface area contributed by atoms with Crippen LogP contribution in [0.4, 0.5) is 0 Å². The summed E-state index contributed by atoms with van der Waals surface area (Å²) < 4.78 is 0. The van der Waals surface area contributed by atoms with Crippen LogP contribution < -0.4 is 0 Å². The van der Waals surface area contributed by atoms with Crippen molar-refractivity contribution in [2.75, 3.05) is 0 Å². The van der Waals surface area contributed by atoms with E-state index in [9.17, 15) is 5.11 Å². The Hall–Kier alpha value is -1.50. The predicted molar refractivity (Wildman–Crippen MR) is 78.1 cm³/mol. The molecule has 0 fully saturated rings. The van der Waals surface area contributed by atoms with Gasteiger partial charge in [0.15, 0.2) is 0 Å². The van der Waals surface area contributed by atoms with E-state index in [0.29, 0.717) is 17.1 Å². The molecular weight excluding hydrogens is 220 g/mol. The van der Waals surface area contributed by atoms with Crippen molar-refractivity contribution in [2.45, 2.75) is 40.0 Å². The molecule has 1 heteroatoms. The summed E-state index contributed by atoms with van der Waals surface area (Å²) in [5.74, 6) is 0.890. The lowest BCUT2D eigenvalue weighted by Gasteiger charge is -2.23. The lowest BCUT2D eigenvalue weighted by atomic mass is 9.82. The highest BCUT2D eigenvalue weighted by Crippen LogP contribution is 2.32. The zero-order chi connectivity index (χ0) is 13.3. The molecule has 2 aromatic carbocycles. The average Bonchev–Trinajstić information content (AvgIpc) is 2.26. The molecule has 1 unspecified atom stereocenters. The largest absolute Gasteiger partial charge is 0.508 e. The van der Waals surface area contributed by atoms with Crippen LogP contribution in [0.5, 0.6) is 5.75 Å². The molecule has 0 heterocycles. The maximum absolute atomic E-state index is 9.46. The molecular formula is C17H22O. The lowest BCUT2D eigenvalue weighted by Crippen LogP contribution is -2.09. The molecule has 0 saturated carbocycles. The van der Waals surface area contributed by atoms with Crippen molar-refractivity contribution >= 4 is 10.8 Å². The predicted octanol–water partition coefficient (Wildman–Crippen LogP) is 5.09. The Morgan fingerprint density at radius 3 is 2.28 bits per heavy atom. The van der Waals surface area contributed by atoms with E-state index in [1.807, 2.05) is 12.1 Å². The first kappa shape index (κ1) is 12.9. The zero-order valence-corrected chi connectivity index (χ0v) is 11.7. The first-order chi connectivity index (χ1) is 8.35. The molecule has 0 aliphatic carbocycles. The minimum Gasteiger partial charge on any atom is -0.508 e. The van der Waals surface area contributed by atoms with Crippen molar-refractivity contribution in [1.82, 2.24) is 0 Å². The van der Waals surface area contributed by atoms with Gasteiger partial charge in [0.25, 0.3) is 0 Å². The van der Waals surface area contributed by atoms with Crippen molar-refractivity contribution in [2.24, 2.45) is 5.41 Å². The second-order valence-electron chi connectivity index (χ2n) is 6.46. The van der Waals surface area contributed by atoms with Crippen molar-refractivity contribution < 1.29 is 5.11 Å². The summed E-state index contributed by atoms with van der Waals surface area (Å²) in [5.41, 5.74) is 1.73. The summed E-state index contributed by atoms with van der Waals surface area (Å²) in [5, 5.41) is 11.8. The number of fused-ring (bicyclic) bond motifs is 1. The van der Waals surface area contributed by atoms with Crippen molar-refractivity contribution in [3.05, 3.63) is 42.0 Å². The SMILES string of the molecule is CC(CC(C)(C)C)c1ccc2cc(O)ccc2c1. The average molecular weight is 242 g/mol. The van der Waals surface area contributed by atoms with Crippen molar-refractivity contribution in [3.63, 3.8) is 0 Å². The van der Waals surface area contributed by atoms with E-state index in [0.717, 1.165) is 5.39 Å². The van der Waals surface area contributed by atoms with Crippen LogP contribution in [0.25, 0.3) is 10.8 Å². The van der Waals surface area contributed by atoms with E-state index in [4.69, 9.17) is 0 Å². The molecule has 0 aromatic heterocycles. The van der Waals surface area contributed by atoms with Crippen molar-refractivity contribution in [1.29, 1.82) is 0 Å². The fourth-order valence-electron chi connectivity index (χ4n) is 2.59. The maximum Gasteiger partial charge on any atom is 0.116 e. The Kier molecular flexibility index (Phi) is 3.34. The minimum atomic E-state index is 0.331. The molecule has 1 nitrogen and oxygen atoms in total. The van der Waals surface area contributed by atoms with Crippen LogP contribution in [0.15, 0.2) is 36.4 Å². The fraction of sp³-hybridized carbons (Fsp3) is 0.412. The molecule has 0 radical (unpaired) electrons. The van der Waals surface area contributed by atoms with Gasteiger partial charge in [-0.15, -0.1) is 0 Å². The van der Waals surface area contributed by atoms with Gasteiger partial charge >= 0.3 is 0 Å². The normalized spacial score (nSPS) is 13.8. The quantitative estimate of drug-likeness (QED) is 0.778. The first-order valence-corrected chi connectivity index (χ1v) is 6.58. The standard InChI is InChI=1S/C17H22O/c1-12(11-17(2,3)4)13-5-6-15-10-16(18)8-7-14(15)9-13/h5-10,12,18H,11H2,1-4H3. The summed E-state index contributed by atoms with van der Waals surface area (Å²) in [6.07, 6.45) is 1.18. The number of phenols is 1. The Balaban J connectivity index is 2.32. The molecule has 2 rings (SSSR count). The van der Waals surface area contributed by atoms with Gasteiger partial charge in [-0.25, -0.2) is 0 Å². The monoisotopic (exact) mass is 242 g/mol. The molecule has 0 saturated heterocycles. The zero-order valence-electron chi connectivity index (χ0n) is 11.7. The van der Waals surface area contributed by atoms with Crippen LogP contribution >= 0.6 is 0 Å². The van der Waals surface area contributed by atoms with Gasteiger partial charge in [-0.05, 0) is 46.2 Å². The lowest BCUT2D eigenvalue weighted by molar-refractivity contribution is 0.349. The summed E-state index contributed by atoms with van der Waals surface area (Å²) >= 11 is 0. The van der Waals surface area contributed by atoms with E-state index < -0.39 is 0 Å². The molecule has 1 N–H and O–H groups in total. The maximum atomic E-state index is 9.46. The van der Waals surface area contributed by atoms with Crippen molar-refractivity contribution in [3.8, 4) is 5.75 Å². The van der Waals surface area contributed by atoms with Gasteiger partial charge in [0.1, 0.15) is 5.75 Å². The Morgan fingerprint density at radius 1 is 1.00 bits per heavy atom. The van der Waals surface area contributed by atoms with Crippen LogP contribution in [0.1, 0.15) is 45.6 Å². The molecule has 0 aliphatic heterocycles. The topological polar surface area (TPSA) is 20.2 Å². The van der Waals surface area contributed by atoms with E-state index in [-0.39, 0.29) is 0 Å². The molecule has 2 aromatic rings. The first-order valence-electron chi connectivity index (χ1n) is 6.58. The number of benzene rings is 2. The van der Waals surface area contributed by atoms with Gasteiger partial charge in [-0.1, -0.05) is 52.0 Å². The summed E-state index contributed by atoms with van der Waals surface area (Å²) in [4.78, 5) is 0. The van der Waals surface area contributed by atoms with Gasteiger partial charge in [-0.2, -0.15) is 0 Å². The summed E-state index contributed by atoms with van der Waals surface area (Å²) in [6.45, 7) is 9.13. The van der Waals surface area contributed by atoms with E-state index >= 15 is 0 Å². The van der Waals surface area contributed by atoms with Gasteiger partial charge in [0.2, 0.25) is 0 Å². The van der Waals surface area contributed by atoms with E-state index in [1.54, 1.807) is 6.07 Å². The fourth-order valence-corrected chi connectivity index (χ4v) is 2.59. The molecule has 0 bridgehead atoms. The third-order valence-corrected chi connectivity index (χ3v) is 3.34. The number of aromatic hydroxyl groups is 1. The summed E-state index contributed by atoms with van der Waals surface area (Å²) in [7, 11) is 0. The van der Waals surface area contributed by atoms with Gasteiger partial charge in [0, 0.05) is 0 Å². The molecule has 0 aliphatic rings. The highest BCUT2D eigenvalue weighted by Gasteiger charge is 2.16. The molecule has 18 heavy (non-hydrogen) atoms. The van der Waals surface area contributed by atoms with Gasteiger partial charge < -0.3 is 5.11 Å². The third kappa shape index (κ3) is 3.04. The minimum absolute atomic E-state index is 0.331. The Bertz CT molecular complexity index is 549. The van der Waals surface area contributed by atoms with Crippen LogP contribution in [0, 0.1) is 5.41 Å². The number of hydrogen-bond donors (Lipinski definition) is 1. The van der Waals surface area contributed by atoms with Crippen LogP contribution in [0.2, 0.25) is 0 Å². The van der Waals surface area contributed by atoms with Crippen LogP contribution in [0.3, 0.4) is 0 Å². The smallest absolute Gasteiger partial charge is 0.116 e. The molecule has 96 valence electrons. The van der Waals surface area contributed by atoms with Gasteiger partial charge in [-0.3, -0.25) is 0 Å². The second-order valence-corrected chi connectivity index (χ2v) is 6.46. The molecule has 0 spiro atoms. The van der Waals surface area contributed by atoms with Gasteiger partial charge in [0.05, 0.1) is 0 Å². The van der Waals surface area contributed by atoms with E-state index in [1.165, 1.54) is 17.4 Å². The number of rotatable bonds is 2. The van der Waals surface area contributed by atoms with Crippen LogP contribution in [-0.2, 0) is 0 Å².